The average Bonchev–Trinajstić information content (AvgIpc) is 2.84. The summed E-state index contributed by atoms with van der Waals surface area (Å²) in [5.74, 6) is 1.17. The largest absolute Gasteiger partial charge is 0.494 e. The fourth-order valence-corrected chi connectivity index (χ4v) is 4.73. The van der Waals surface area contributed by atoms with Crippen LogP contribution < -0.4 is 9.47 Å². The Morgan fingerprint density at radius 1 is 0.667 bits per heavy atom. The first kappa shape index (κ1) is 25.6. The molecule has 0 fully saturated rings. The maximum atomic E-state index is 15.1. The van der Waals surface area contributed by atoms with Crippen molar-refractivity contribution in [2.75, 3.05) is 13.2 Å². The van der Waals surface area contributed by atoms with Crippen LogP contribution in [0, 0.1) is 5.82 Å². The summed E-state index contributed by atoms with van der Waals surface area (Å²) in [6.07, 6.45) is 16.4. The van der Waals surface area contributed by atoms with E-state index in [9.17, 15) is 0 Å². The van der Waals surface area contributed by atoms with Gasteiger partial charge < -0.3 is 9.47 Å². The number of halogens is 1. The summed E-state index contributed by atoms with van der Waals surface area (Å²) in [5, 5.41) is 0. The molecular weight excluding hydrogens is 411 g/mol. The minimum atomic E-state index is -0.175. The summed E-state index contributed by atoms with van der Waals surface area (Å²) in [7, 11) is 0. The van der Waals surface area contributed by atoms with Crippen LogP contribution >= 0.6 is 0 Å². The standard InChI is InChI=1S/C30H43FO2/c1-3-5-7-9-10-12-13-21-32-25-16-18-26-24(23-25)15-17-28-27(26)19-20-29(30(28)31)33-22-14-11-8-6-4-2/h16,18-20,23H,3-15,17,21-22H2,1-2H3. The molecule has 0 spiro atoms. The Labute approximate surface area is 200 Å². The lowest BCUT2D eigenvalue weighted by Crippen LogP contribution is -2.09. The monoisotopic (exact) mass is 454 g/mol. The van der Waals surface area contributed by atoms with Crippen LogP contribution in [-0.2, 0) is 12.8 Å². The van der Waals surface area contributed by atoms with Crippen molar-refractivity contribution >= 4 is 0 Å². The highest BCUT2D eigenvalue weighted by atomic mass is 19.1. The van der Waals surface area contributed by atoms with E-state index in [1.807, 2.05) is 12.1 Å². The van der Waals surface area contributed by atoms with Crippen molar-refractivity contribution < 1.29 is 13.9 Å². The van der Waals surface area contributed by atoms with Crippen LogP contribution in [0.5, 0.6) is 11.5 Å². The first-order valence-electron chi connectivity index (χ1n) is 13.4. The third-order valence-electron chi connectivity index (χ3n) is 6.74. The molecule has 0 N–H and O–H groups in total. The molecule has 0 atom stereocenters. The number of ether oxygens (including phenoxy) is 2. The first-order chi connectivity index (χ1) is 16.2. The highest BCUT2D eigenvalue weighted by molar-refractivity contribution is 5.75. The van der Waals surface area contributed by atoms with Gasteiger partial charge in [-0.15, -0.1) is 0 Å². The van der Waals surface area contributed by atoms with Crippen molar-refractivity contribution in [2.45, 2.75) is 104 Å². The third-order valence-corrected chi connectivity index (χ3v) is 6.74. The molecule has 0 saturated heterocycles. The van der Waals surface area contributed by atoms with E-state index in [1.54, 1.807) is 6.07 Å². The van der Waals surface area contributed by atoms with Gasteiger partial charge >= 0.3 is 0 Å². The molecule has 0 saturated carbocycles. The van der Waals surface area contributed by atoms with Gasteiger partial charge in [0, 0.05) is 0 Å². The lowest BCUT2D eigenvalue weighted by Gasteiger charge is -2.22. The van der Waals surface area contributed by atoms with Gasteiger partial charge in [-0.25, -0.2) is 4.39 Å². The molecule has 1 aliphatic rings. The molecule has 1 aliphatic carbocycles. The number of benzene rings is 2. The fourth-order valence-electron chi connectivity index (χ4n) is 4.73. The Bertz CT molecular complexity index is 845. The van der Waals surface area contributed by atoms with Gasteiger partial charge in [0.25, 0.3) is 0 Å². The topological polar surface area (TPSA) is 18.5 Å². The zero-order valence-corrected chi connectivity index (χ0v) is 20.9. The van der Waals surface area contributed by atoms with E-state index in [1.165, 1.54) is 63.4 Å². The quantitative estimate of drug-likeness (QED) is 0.235. The van der Waals surface area contributed by atoms with Gasteiger partial charge in [0.05, 0.1) is 13.2 Å². The van der Waals surface area contributed by atoms with Gasteiger partial charge in [-0.2, -0.15) is 0 Å². The molecule has 2 nitrogen and oxygen atoms in total. The maximum absolute atomic E-state index is 15.1. The molecule has 0 aromatic heterocycles. The predicted molar refractivity (Wildman–Crippen MR) is 137 cm³/mol. The SMILES string of the molecule is CCCCCCCCCOc1ccc2c(c1)CCc1c-2ccc(OCCCCCCC)c1F. The number of aryl methyl sites for hydroxylation is 1. The van der Waals surface area contributed by atoms with Gasteiger partial charge in [0.2, 0.25) is 0 Å². The summed E-state index contributed by atoms with van der Waals surface area (Å²) < 4.78 is 26.9. The van der Waals surface area contributed by atoms with Gasteiger partial charge in [-0.1, -0.05) is 90.2 Å². The molecule has 0 aliphatic heterocycles. The predicted octanol–water partition coefficient (Wildman–Crippen LogP) is 9.07. The van der Waals surface area contributed by atoms with Crippen molar-refractivity contribution in [3.8, 4) is 22.6 Å². The molecule has 3 rings (SSSR count). The molecule has 3 heteroatoms. The second kappa shape index (κ2) is 14.3. The third kappa shape index (κ3) is 7.76. The first-order valence-corrected chi connectivity index (χ1v) is 13.4. The second-order valence-corrected chi connectivity index (χ2v) is 9.46. The van der Waals surface area contributed by atoms with Crippen molar-refractivity contribution in [3.63, 3.8) is 0 Å². The minimum absolute atomic E-state index is 0.175. The molecular formula is C30H43FO2. The fraction of sp³-hybridized carbons (Fsp3) is 0.600. The number of hydrogen-bond acceptors (Lipinski definition) is 2. The highest BCUT2D eigenvalue weighted by Crippen LogP contribution is 2.39. The molecule has 0 bridgehead atoms. The lowest BCUT2D eigenvalue weighted by atomic mass is 9.85. The summed E-state index contributed by atoms with van der Waals surface area (Å²) in [6.45, 7) is 5.83. The van der Waals surface area contributed by atoms with E-state index < -0.39 is 0 Å². The number of fused-ring (bicyclic) bond motifs is 3. The second-order valence-electron chi connectivity index (χ2n) is 9.46. The van der Waals surface area contributed by atoms with Crippen LogP contribution in [0.3, 0.4) is 0 Å². The normalized spacial score (nSPS) is 12.3. The Hall–Kier alpha value is -2.03. The Balaban J connectivity index is 1.51. The summed E-state index contributed by atoms with van der Waals surface area (Å²) in [4.78, 5) is 0. The zero-order chi connectivity index (χ0) is 23.3. The average molecular weight is 455 g/mol. The minimum Gasteiger partial charge on any atom is -0.494 e. The molecule has 0 amide bonds. The van der Waals surface area contributed by atoms with Gasteiger partial charge in [-0.05, 0) is 66.1 Å². The lowest BCUT2D eigenvalue weighted by molar-refractivity contribution is 0.289. The smallest absolute Gasteiger partial charge is 0.168 e. The van der Waals surface area contributed by atoms with Gasteiger partial charge in [-0.3, -0.25) is 0 Å². The van der Waals surface area contributed by atoms with Crippen LogP contribution in [0.1, 0.15) is 102 Å². The molecule has 0 heterocycles. The van der Waals surface area contributed by atoms with Gasteiger partial charge in [0.15, 0.2) is 11.6 Å². The Morgan fingerprint density at radius 2 is 1.27 bits per heavy atom. The highest BCUT2D eigenvalue weighted by Gasteiger charge is 2.22. The maximum Gasteiger partial charge on any atom is 0.168 e. The number of hydrogen-bond donors (Lipinski definition) is 0. The van der Waals surface area contributed by atoms with Crippen LogP contribution in [0.25, 0.3) is 11.1 Å². The Morgan fingerprint density at radius 3 is 1.97 bits per heavy atom. The van der Waals surface area contributed by atoms with E-state index in [-0.39, 0.29) is 5.82 Å². The van der Waals surface area contributed by atoms with Crippen molar-refractivity contribution in [1.82, 2.24) is 0 Å². The molecule has 2 aromatic carbocycles. The Kier molecular flexibility index (Phi) is 11.1. The van der Waals surface area contributed by atoms with Crippen LogP contribution in [0.2, 0.25) is 0 Å². The number of rotatable bonds is 16. The van der Waals surface area contributed by atoms with E-state index in [4.69, 9.17) is 9.47 Å². The molecule has 0 radical (unpaired) electrons. The van der Waals surface area contributed by atoms with Crippen LogP contribution in [0.15, 0.2) is 30.3 Å². The van der Waals surface area contributed by atoms with E-state index >= 15 is 4.39 Å². The van der Waals surface area contributed by atoms with E-state index in [2.05, 4.69) is 26.0 Å². The molecule has 182 valence electrons. The van der Waals surface area contributed by atoms with E-state index in [0.29, 0.717) is 18.8 Å². The van der Waals surface area contributed by atoms with Crippen molar-refractivity contribution in [3.05, 3.63) is 47.3 Å². The van der Waals surface area contributed by atoms with Gasteiger partial charge in [0.1, 0.15) is 5.75 Å². The summed E-state index contributed by atoms with van der Waals surface area (Å²) in [6, 6.07) is 10.1. The number of unbranched alkanes of at least 4 members (excludes halogenated alkanes) is 10. The molecule has 2 aromatic rings. The zero-order valence-electron chi connectivity index (χ0n) is 20.9. The van der Waals surface area contributed by atoms with Crippen LogP contribution in [-0.4, -0.2) is 13.2 Å². The molecule has 0 unspecified atom stereocenters. The summed E-state index contributed by atoms with van der Waals surface area (Å²) in [5.41, 5.74) is 4.18. The van der Waals surface area contributed by atoms with Crippen molar-refractivity contribution in [2.24, 2.45) is 0 Å². The molecule has 33 heavy (non-hydrogen) atoms. The van der Waals surface area contributed by atoms with Crippen molar-refractivity contribution in [1.29, 1.82) is 0 Å². The van der Waals surface area contributed by atoms with Crippen LogP contribution in [0.4, 0.5) is 4.39 Å². The van der Waals surface area contributed by atoms with E-state index in [0.717, 1.165) is 54.7 Å². The summed E-state index contributed by atoms with van der Waals surface area (Å²) >= 11 is 0.